The third kappa shape index (κ3) is 3.98. The summed E-state index contributed by atoms with van der Waals surface area (Å²) in [6, 6.07) is 14.9. The molecule has 3 heteroatoms. The van der Waals surface area contributed by atoms with Gasteiger partial charge in [-0.25, -0.2) is 4.39 Å². The van der Waals surface area contributed by atoms with Crippen LogP contribution in [-0.2, 0) is 6.42 Å². The van der Waals surface area contributed by atoms with Crippen LogP contribution in [-0.4, -0.2) is 12.6 Å². The van der Waals surface area contributed by atoms with E-state index in [0.29, 0.717) is 13.0 Å². The number of hydrogen-bond donors (Lipinski definition) is 1. The van der Waals surface area contributed by atoms with Crippen LogP contribution in [0.4, 0.5) is 10.1 Å². The molecular formula is C17H20FNO. The highest BCUT2D eigenvalue weighted by molar-refractivity contribution is 5.47. The van der Waals surface area contributed by atoms with Crippen LogP contribution >= 0.6 is 0 Å². The lowest BCUT2D eigenvalue weighted by Crippen LogP contribution is -2.18. The summed E-state index contributed by atoms with van der Waals surface area (Å²) >= 11 is 0. The number of nitrogens with one attached hydrogen (secondary N) is 1. The van der Waals surface area contributed by atoms with E-state index in [0.717, 1.165) is 17.0 Å². The molecule has 1 N–H and O–H groups in total. The highest BCUT2D eigenvalue weighted by Gasteiger charge is 2.07. The zero-order valence-electron chi connectivity index (χ0n) is 11.9. The van der Waals surface area contributed by atoms with Gasteiger partial charge in [0.15, 0.2) is 0 Å². The average molecular weight is 273 g/mol. The maximum Gasteiger partial charge on any atom is 0.126 e. The highest BCUT2D eigenvalue weighted by Crippen LogP contribution is 2.17. The first-order valence-corrected chi connectivity index (χ1v) is 6.92. The predicted octanol–water partition coefficient (Wildman–Crippen LogP) is 4.27. The quantitative estimate of drug-likeness (QED) is 0.848. The number of rotatable bonds is 6. The van der Waals surface area contributed by atoms with Crippen molar-refractivity contribution in [3.63, 3.8) is 0 Å². The van der Waals surface area contributed by atoms with Crippen LogP contribution in [0, 0.1) is 5.82 Å². The van der Waals surface area contributed by atoms with Gasteiger partial charge in [0.1, 0.15) is 11.6 Å². The molecule has 0 saturated heterocycles. The number of hydrogen-bond acceptors (Lipinski definition) is 2. The largest absolute Gasteiger partial charge is 0.494 e. The Morgan fingerprint density at radius 1 is 1.10 bits per heavy atom. The minimum atomic E-state index is -0.146. The molecular weight excluding hydrogens is 253 g/mol. The molecule has 2 rings (SSSR count). The SMILES string of the molecule is CCOc1ccc(NC(C)Cc2ccccc2F)cc1. The maximum absolute atomic E-state index is 13.6. The summed E-state index contributed by atoms with van der Waals surface area (Å²) in [4.78, 5) is 0. The second-order valence-corrected chi connectivity index (χ2v) is 4.80. The molecule has 0 amide bonds. The molecule has 0 aromatic heterocycles. The van der Waals surface area contributed by atoms with Crippen molar-refractivity contribution in [2.24, 2.45) is 0 Å². The van der Waals surface area contributed by atoms with Gasteiger partial charge in [0.2, 0.25) is 0 Å². The fourth-order valence-corrected chi connectivity index (χ4v) is 2.14. The minimum Gasteiger partial charge on any atom is -0.494 e. The van der Waals surface area contributed by atoms with Gasteiger partial charge in [-0.3, -0.25) is 0 Å². The summed E-state index contributed by atoms with van der Waals surface area (Å²) < 4.78 is 19.0. The van der Waals surface area contributed by atoms with E-state index in [1.54, 1.807) is 6.07 Å². The molecule has 0 fully saturated rings. The van der Waals surface area contributed by atoms with E-state index in [1.807, 2.05) is 50.2 Å². The van der Waals surface area contributed by atoms with Crippen molar-refractivity contribution < 1.29 is 9.13 Å². The third-order valence-corrected chi connectivity index (χ3v) is 3.06. The van der Waals surface area contributed by atoms with Crippen molar-refractivity contribution in [1.29, 1.82) is 0 Å². The zero-order chi connectivity index (χ0) is 14.4. The Labute approximate surface area is 119 Å². The lowest BCUT2D eigenvalue weighted by molar-refractivity contribution is 0.340. The standard InChI is InChI=1S/C17H20FNO/c1-3-20-16-10-8-15(9-11-16)19-13(2)12-14-6-4-5-7-17(14)18/h4-11,13,19H,3,12H2,1-2H3. The molecule has 106 valence electrons. The first-order chi connectivity index (χ1) is 9.69. The Morgan fingerprint density at radius 3 is 2.45 bits per heavy atom. The van der Waals surface area contributed by atoms with Gasteiger partial charge in [-0.05, 0) is 56.2 Å². The topological polar surface area (TPSA) is 21.3 Å². The Bertz CT molecular complexity index is 539. The van der Waals surface area contributed by atoms with Crippen LogP contribution in [0.2, 0.25) is 0 Å². The summed E-state index contributed by atoms with van der Waals surface area (Å²) in [6.45, 7) is 4.67. The van der Waals surface area contributed by atoms with E-state index >= 15 is 0 Å². The van der Waals surface area contributed by atoms with Crippen molar-refractivity contribution in [3.05, 3.63) is 59.9 Å². The molecule has 0 bridgehead atoms. The minimum absolute atomic E-state index is 0.146. The van der Waals surface area contributed by atoms with Crippen molar-refractivity contribution in [3.8, 4) is 5.75 Å². The maximum atomic E-state index is 13.6. The van der Waals surface area contributed by atoms with E-state index < -0.39 is 0 Å². The van der Waals surface area contributed by atoms with Crippen molar-refractivity contribution in [2.45, 2.75) is 26.3 Å². The fraction of sp³-hybridized carbons (Fsp3) is 0.294. The van der Waals surface area contributed by atoms with Crippen LogP contribution in [0.1, 0.15) is 19.4 Å². The zero-order valence-corrected chi connectivity index (χ0v) is 11.9. The molecule has 0 aliphatic rings. The van der Waals surface area contributed by atoms with Gasteiger partial charge in [-0.1, -0.05) is 18.2 Å². The Morgan fingerprint density at radius 2 is 1.80 bits per heavy atom. The van der Waals surface area contributed by atoms with E-state index in [2.05, 4.69) is 5.32 Å². The summed E-state index contributed by atoms with van der Waals surface area (Å²) in [6.07, 6.45) is 0.653. The first kappa shape index (κ1) is 14.4. The Kier molecular flexibility index (Phi) is 4.99. The van der Waals surface area contributed by atoms with Gasteiger partial charge in [-0.2, -0.15) is 0 Å². The molecule has 0 aliphatic heterocycles. The monoisotopic (exact) mass is 273 g/mol. The summed E-state index contributed by atoms with van der Waals surface area (Å²) in [5.41, 5.74) is 1.75. The predicted molar refractivity (Wildman–Crippen MR) is 80.8 cm³/mol. The van der Waals surface area contributed by atoms with Crippen LogP contribution < -0.4 is 10.1 Å². The van der Waals surface area contributed by atoms with Gasteiger partial charge in [-0.15, -0.1) is 0 Å². The number of halogens is 1. The second kappa shape index (κ2) is 6.94. The van der Waals surface area contributed by atoms with Gasteiger partial charge in [0.25, 0.3) is 0 Å². The smallest absolute Gasteiger partial charge is 0.126 e. The normalized spacial score (nSPS) is 11.9. The van der Waals surface area contributed by atoms with E-state index in [9.17, 15) is 4.39 Å². The molecule has 20 heavy (non-hydrogen) atoms. The van der Waals surface area contributed by atoms with Gasteiger partial charge < -0.3 is 10.1 Å². The van der Waals surface area contributed by atoms with Crippen molar-refractivity contribution in [1.82, 2.24) is 0 Å². The molecule has 0 radical (unpaired) electrons. The molecule has 2 aromatic carbocycles. The fourth-order valence-electron chi connectivity index (χ4n) is 2.14. The molecule has 0 spiro atoms. The molecule has 1 atom stereocenters. The Hall–Kier alpha value is -2.03. The lowest BCUT2D eigenvalue weighted by Gasteiger charge is -2.16. The molecule has 2 aromatic rings. The molecule has 2 nitrogen and oxygen atoms in total. The summed E-state index contributed by atoms with van der Waals surface area (Å²) in [5, 5.41) is 3.36. The molecule has 0 heterocycles. The summed E-state index contributed by atoms with van der Waals surface area (Å²) in [5.74, 6) is 0.715. The van der Waals surface area contributed by atoms with Gasteiger partial charge >= 0.3 is 0 Å². The van der Waals surface area contributed by atoms with E-state index in [1.165, 1.54) is 6.07 Å². The molecule has 0 saturated carbocycles. The van der Waals surface area contributed by atoms with Crippen molar-refractivity contribution in [2.75, 3.05) is 11.9 Å². The van der Waals surface area contributed by atoms with Gasteiger partial charge in [0.05, 0.1) is 6.61 Å². The highest BCUT2D eigenvalue weighted by atomic mass is 19.1. The van der Waals surface area contributed by atoms with Crippen LogP contribution in [0.3, 0.4) is 0 Å². The summed E-state index contributed by atoms with van der Waals surface area (Å²) in [7, 11) is 0. The first-order valence-electron chi connectivity index (χ1n) is 6.92. The lowest BCUT2D eigenvalue weighted by atomic mass is 10.1. The second-order valence-electron chi connectivity index (χ2n) is 4.80. The third-order valence-electron chi connectivity index (χ3n) is 3.06. The van der Waals surface area contributed by atoms with Crippen LogP contribution in [0.15, 0.2) is 48.5 Å². The van der Waals surface area contributed by atoms with E-state index in [4.69, 9.17) is 4.74 Å². The van der Waals surface area contributed by atoms with E-state index in [-0.39, 0.29) is 11.9 Å². The molecule has 1 unspecified atom stereocenters. The average Bonchev–Trinajstić information content (AvgIpc) is 2.44. The van der Waals surface area contributed by atoms with Crippen LogP contribution in [0.25, 0.3) is 0 Å². The number of benzene rings is 2. The van der Waals surface area contributed by atoms with Gasteiger partial charge in [0, 0.05) is 11.7 Å². The van der Waals surface area contributed by atoms with Crippen molar-refractivity contribution >= 4 is 5.69 Å². The van der Waals surface area contributed by atoms with Crippen LogP contribution in [0.5, 0.6) is 5.75 Å². The number of ether oxygens (including phenoxy) is 1. The molecule has 0 aliphatic carbocycles. The Balaban J connectivity index is 1.94. The number of anilines is 1.